The molecule has 0 unspecified atom stereocenters. The molecule has 7 atom stereocenters. The van der Waals surface area contributed by atoms with Crippen LogP contribution in [0.4, 0.5) is 0 Å². The topological polar surface area (TPSA) is 158 Å². The minimum atomic E-state index is -3.18. The van der Waals surface area contributed by atoms with Crippen LogP contribution in [0.5, 0.6) is 0 Å². The van der Waals surface area contributed by atoms with E-state index in [2.05, 4.69) is 93.7 Å². The first-order valence-electron chi connectivity index (χ1n) is 34.8. The molecular weight excluding hydrogens is 1050 g/mol. The van der Waals surface area contributed by atoms with Gasteiger partial charge in [0.2, 0.25) is 5.91 Å². The average molecular weight is 1180 g/mol. The number of aliphatic hydroxyl groups is 5. The largest absolute Gasteiger partial charge is 0.399 e. The van der Waals surface area contributed by atoms with Gasteiger partial charge in [-0.05, 0) is 41.1 Å². The van der Waals surface area contributed by atoms with E-state index < -0.39 is 57.8 Å². The molecule has 1 aliphatic heterocycles. The molecule has 1 fully saturated rings. The number of aliphatic hydroxyl groups excluding tert-OH is 5. The second kappa shape index (κ2) is 48.5. The fraction of sp³-hybridized carbons (Fsp3) is 0.792. The molecule has 83 heavy (non-hydrogen) atoms. The van der Waals surface area contributed by atoms with E-state index in [-0.39, 0.29) is 17.6 Å². The van der Waals surface area contributed by atoms with E-state index >= 15 is 0 Å². The lowest BCUT2D eigenvalue weighted by atomic mass is 9.99. The van der Waals surface area contributed by atoms with Crippen molar-refractivity contribution in [2.75, 3.05) is 19.8 Å². The van der Waals surface area contributed by atoms with Gasteiger partial charge in [-0.2, -0.15) is 0 Å². The maximum absolute atomic E-state index is 14.2. The Labute approximate surface area is 509 Å². The minimum absolute atomic E-state index is 0.0985. The third-order valence-corrected chi connectivity index (χ3v) is 22.7. The first-order chi connectivity index (χ1) is 40.5. The number of unbranched alkanes of at least 4 members (excludes halogenated alkanes) is 39. The fourth-order valence-electron chi connectivity index (χ4n) is 12.4. The Bertz CT molecular complexity index is 1770. The molecule has 2 aromatic rings. The van der Waals surface area contributed by atoms with Gasteiger partial charge < -0.3 is 44.7 Å². The second-order valence-corrected chi connectivity index (χ2v) is 30.2. The van der Waals surface area contributed by atoms with Crippen LogP contribution in [-0.4, -0.2) is 102 Å². The summed E-state index contributed by atoms with van der Waals surface area (Å²) in [5, 5.41) is 56.5. The summed E-state index contributed by atoms with van der Waals surface area (Å²) in [6.45, 7) is 8.67. The van der Waals surface area contributed by atoms with Crippen molar-refractivity contribution in [2.24, 2.45) is 0 Å². The normalized spacial score (nSPS) is 18.5. The Balaban J connectivity index is 1.53. The van der Waals surface area contributed by atoms with Crippen LogP contribution >= 0.6 is 0 Å². The zero-order valence-electron chi connectivity index (χ0n) is 53.7. The van der Waals surface area contributed by atoms with Crippen molar-refractivity contribution in [3.63, 3.8) is 0 Å². The van der Waals surface area contributed by atoms with Crippen LogP contribution in [0.2, 0.25) is 5.04 Å². The number of ether oxygens (including phenoxy) is 2. The van der Waals surface area contributed by atoms with Crippen molar-refractivity contribution in [1.29, 1.82) is 0 Å². The summed E-state index contributed by atoms with van der Waals surface area (Å²) in [6, 6.07) is 20.3. The number of hydrogen-bond donors (Lipinski definition) is 6. The maximum atomic E-state index is 14.2. The summed E-state index contributed by atoms with van der Waals surface area (Å²) in [5.41, 5.74) is 0. The van der Waals surface area contributed by atoms with Crippen LogP contribution in [-0.2, 0) is 18.7 Å². The standard InChI is InChI=1S/C72H127NO9Si/c1-5-6-7-8-9-10-11-12-26-29-32-35-38-41-50-57-65(82-83(72(2,3)4,62-53-46-44-47-54-62)63-55-48-45-49-56-63)64(61-80-71-70(79)69(78)68(77)66(60-75)81-71)73-67(76)58-51-42-39-36-33-30-27-24-22-20-18-16-14-13-15-17-19-21-23-25-28-31-34-37-40-43-52-59-74/h44-50,53-57,64-66,68-71,74-75,77-79H,5-43,51-52,58-61H2,1-4H3,(H,73,76)/b57-50+/t64-,65+,66+,68+,69-,70+,71+/m0/s1. The SMILES string of the molecule is CCCCCCCCCCCCCCC/C=C/[C@@H](O[Si](c1ccccc1)(c1ccccc1)C(C)(C)C)[C@H](CO[C@@H]1O[C@H](CO)[C@@H](O)[C@H](O)[C@H]1O)NC(=O)CCCCCCCCCCCCCCCCCCCCCCCCCCCCCO. The second-order valence-electron chi connectivity index (χ2n) is 25.9. The lowest BCUT2D eigenvalue weighted by Crippen LogP contribution is -2.69. The smallest absolute Gasteiger partial charge is 0.261 e. The van der Waals surface area contributed by atoms with Gasteiger partial charge in [-0.15, -0.1) is 0 Å². The maximum Gasteiger partial charge on any atom is 0.261 e. The van der Waals surface area contributed by atoms with Crippen LogP contribution in [0.1, 0.15) is 297 Å². The first kappa shape index (κ1) is 74.8. The Morgan fingerprint density at radius 1 is 0.530 bits per heavy atom. The van der Waals surface area contributed by atoms with Gasteiger partial charge in [-0.25, -0.2) is 0 Å². The fourth-order valence-corrected chi connectivity index (χ4v) is 17.0. The number of amides is 1. The first-order valence-corrected chi connectivity index (χ1v) is 36.7. The molecule has 1 amide bonds. The Morgan fingerprint density at radius 3 is 1.28 bits per heavy atom. The van der Waals surface area contributed by atoms with Crippen LogP contribution in [0.3, 0.4) is 0 Å². The number of carbonyl (C=O) groups is 1. The van der Waals surface area contributed by atoms with Crippen LogP contribution in [0, 0.1) is 0 Å². The quantitative estimate of drug-likeness (QED) is 0.0215. The van der Waals surface area contributed by atoms with Crippen molar-refractivity contribution < 1.29 is 44.2 Å². The average Bonchev–Trinajstić information content (AvgIpc) is 2.45. The molecule has 0 aliphatic carbocycles. The molecule has 0 aromatic heterocycles. The Morgan fingerprint density at radius 2 is 0.904 bits per heavy atom. The predicted octanol–water partition coefficient (Wildman–Crippen LogP) is 16.2. The molecule has 3 rings (SSSR count). The number of benzene rings is 2. The van der Waals surface area contributed by atoms with E-state index in [1.165, 1.54) is 218 Å². The molecular formula is C72H127NO9Si. The van der Waals surface area contributed by atoms with Crippen molar-refractivity contribution in [3.8, 4) is 0 Å². The molecule has 0 saturated carbocycles. The van der Waals surface area contributed by atoms with Crippen LogP contribution in [0.25, 0.3) is 0 Å². The van der Waals surface area contributed by atoms with E-state index in [4.69, 9.17) is 19.0 Å². The molecule has 1 aliphatic rings. The zero-order chi connectivity index (χ0) is 59.9. The molecule has 11 heteroatoms. The van der Waals surface area contributed by atoms with Gasteiger partial charge in [0, 0.05) is 13.0 Å². The molecule has 0 radical (unpaired) electrons. The zero-order valence-corrected chi connectivity index (χ0v) is 54.7. The summed E-state index contributed by atoms with van der Waals surface area (Å²) < 4.78 is 20.0. The molecule has 10 nitrogen and oxygen atoms in total. The van der Waals surface area contributed by atoms with E-state index in [1.807, 2.05) is 12.1 Å². The monoisotopic (exact) mass is 1180 g/mol. The molecule has 0 bridgehead atoms. The van der Waals surface area contributed by atoms with Gasteiger partial charge >= 0.3 is 0 Å². The van der Waals surface area contributed by atoms with Crippen molar-refractivity contribution >= 4 is 24.6 Å². The van der Waals surface area contributed by atoms with E-state index in [1.54, 1.807) is 0 Å². The van der Waals surface area contributed by atoms with Gasteiger partial charge in [0.15, 0.2) is 6.29 Å². The summed E-state index contributed by atoms with van der Waals surface area (Å²) in [7, 11) is -3.18. The highest BCUT2D eigenvalue weighted by molar-refractivity contribution is 6.99. The van der Waals surface area contributed by atoms with Crippen LogP contribution < -0.4 is 15.7 Å². The summed E-state index contributed by atoms with van der Waals surface area (Å²) >= 11 is 0. The lowest BCUT2D eigenvalue weighted by Gasteiger charge is -2.46. The highest BCUT2D eigenvalue weighted by Crippen LogP contribution is 2.38. The van der Waals surface area contributed by atoms with Gasteiger partial charge in [0.25, 0.3) is 8.32 Å². The number of allylic oxidation sites excluding steroid dienone is 1. The third-order valence-electron chi connectivity index (χ3n) is 17.6. The number of hydrogen-bond acceptors (Lipinski definition) is 9. The highest BCUT2D eigenvalue weighted by atomic mass is 28.4. The Kier molecular flexibility index (Phi) is 43.7. The van der Waals surface area contributed by atoms with Gasteiger partial charge in [-0.1, -0.05) is 338 Å². The van der Waals surface area contributed by atoms with Crippen molar-refractivity contribution in [3.05, 3.63) is 72.8 Å². The van der Waals surface area contributed by atoms with Gasteiger partial charge in [0.1, 0.15) is 24.4 Å². The minimum Gasteiger partial charge on any atom is -0.399 e. The number of nitrogens with one attached hydrogen (secondary N) is 1. The molecule has 1 saturated heterocycles. The third kappa shape index (κ3) is 32.4. The molecule has 478 valence electrons. The predicted molar refractivity (Wildman–Crippen MR) is 350 cm³/mol. The van der Waals surface area contributed by atoms with Crippen LogP contribution in [0.15, 0.2) is 72.8 Å². The molecule has 1 heterocycles. The van der Waals surface area contributed by atoms with E-state index in [0.717, 1.165) is 55.3 Å². The highest BCUT2D eigenvalue weighted by Gasteiger charge is 2.52. The molecule has 2 aromatic carbocycles. The van der Waals surface area contributed by atoms with Gasteiger partial charge in [-0.3, -0.25) is 4.79 Å². The number of carbonyl (C=O) groups excluding carboxylic acids is 1. The summed E-state index contributed by atoms with van der Waals surface area (Å²) in [4.78, 5) is 14.2. The molecule has 6 N–H and O–H groups in total. The summed E-state index contributed by atoms with van der Waals surface area (Å²) in [6.07, 6.45) is 49.4. The Hall–Kier alpha value is -2.45. The van der Waals surface area contributed by atoms with Gasteiger partial charge in [0.05, 0.1) is 25.4 Å². The van der Waals surface area contributed by atoms with E-state index in [0.29, 0.717) is 13.0 Å². The summed E-state index contributed by atoms with van der Waals surface area (Å²) in [5.74, 6) is -0.0985. The number of rotatable bonds is 54. The molecule has 0 spiro atoms. The lowest BCUT2D eigenvalue weighted by molar-refractivity contribution is -0.302. The van der Waals surface area contributed by atoms with E-state index in [9.17, 15) is 25.2 Å². The van der Waals surface area contributed by atoms with Crippen molar-refractivity contribution in [1.82, 2.24) is 5.32 Å². The van der Waals surface area contributed by atoms with Crippen molar-refractivity contribution in [2.45, 2.75) is 345 Å².